The molecule has 6 nitrogen and oxygen atoms in total. The van der Waals surface area contributed by atoms with Gasteiger partial charge in [0.1, 0.15) is 0 Å². The van der Waals surface area contributed by atoms with Crippen LogP contribution in [0.3, 0.4) is 0 Å². The lowest BCUT2D eigenvalue weighted by Crippen LogP contribution is -2.37. The van der Waals surface area contributed by atoms with Gasteiger partial charge in [0.25, 0.3) is 5.91 Å². The second kappa shape index (κ2) is 6.65. The van der Waals surface area contributed by atoms with E-state index in [1.807, 2.05) is 24.3 Å². The number of hydrogen-bond acceptors (Lipinski definition) is 4. The maximum atomic E-state index is 12.6. The van der Waals surface area contributed by atoms with Gasteiger partial charge in [0.2, 0.25) is 0 Å². The molecule has 0 radical (unpaired) electrons. The van der Waals surface area contributed by atoms with E-state index in [1.165, 1.54) is 16.4 Å². The number of aliphatic hydroxyl groups excluding tert-OH is 1. The molecule has 3 rings (SSSR count). The van der Waals surface area contributed by atoms with Gasteiger partial charge in [0.15, 0.2) is 11.4 Å². The van der Waals surface area contributed by atoms with Crippen molar-refractivity contribution in [2.75, 3.05) is 13.2 Å². The van der Waals surface area contributed by atoms with Crippen LogP contribution in [0, 0.1) is 0 Å². The lowest BCUT2D eigenvalue weighted by molar-refractivity contribution is 0.0668. The molecule has 1 amide bonds. The predicted molar refractivity (Wildman–Crippen MR) is 90.5 cm³/mol. The second-order valence-electron chi connectivity index (χ2n) is 6.53. The van der Waals surface area contributed by atoms with E-state index in [2.05, 4.69) is 18.9 Å². The number of nitrogens with zero attached hydrogens (tertiary/aromatic N) is 3. The van der Waals surface area contributed by atoms with Gasteiger partial charge in [-0.1, -0.05) is 26.0 Å². The normalized spacial score (nSPS) is 17.7. The summed E-state index contributed by atoms with van der Waals surface area (Å²) in [6, 6.07) is 7.68. The Morgan fingerprint density at radius 2 is 2.04 bits per heavy atom. The summed E-state index contributed by atoms with van der Waals surface area (Å²) >= 11 is 0. The zero-order valence-electron chi connectivity index (χ0n) is 14.0. The fraction of sp³-hybridized carbons (Fsp3) is 0.444. The molecule has 1 aromatic carbocycles. The molecule has 1 saturated heterocycles. The molecule has 6 heteroatoms. The second-order valence-corrected chi connectivity index (χ2v) is 6.53. The molecule has 0 saturated carbocycles. The van der Waals surface area contributed by atoms with Gasteiger partial charge in [0.05, 0.1) is 24.5 Å². The Morgan fingerprint density at radius 1 is 1.33 bits per heavy atom. The Kier molecular flexibility index (Phi) is 4.57. The number of carbonyl (C=O) groups is 1. The molecule has 2 aromatic rings. The van der Waals surface area contributed by atoms with Crippen LogP contribution in [0.1, 0.15) is 48.7 Å². The number of carbonyl (C=O) groups excluding carboxylic acids is 1. The molecule has 2 N–H and O–H groups in total. The minimum Gasteiger partial charge on any atom is -0.504 e. The van der Waals surface area contributed by atoms with Gasteiger partial charge in [-0.15, -0.1) is 0 Å². The summed E-state index contributed by atoms with van der Waals surface area (Å²) in [7, 11) is 0. The van der Waals surface area contributed by atoms with Crippen molar-refractivity contribution < 1.29 is 15.0 Å². The third-order valence-electron chi connectivity index (χ3n) is 4.57. The van der Waals surface area contributed by atoms with Gasteiger partial charge in [-0.3, -0.25) is 4.79 Å². The van der Waals surface area contributed by atoms with Crippen molar-refractivity contribution >= 4 is 5.91 Å². The van der Waals surface area contributed by atoms with Gasteiger partial charge >= 0.3 is 0 Å². The molecular weight excluding hydrogens is 306 g/mol. The molecule has 1 aromatic heterocycles. The number of likely N-dealkylation sites (tertiary alicyclic amines) is 1. The molecule has 1 aliphatic heterocycles. The van der Waals surface area contributed by atoms with E-state index in [-0.39, 0.29) is 30.0 Å². The highest BCUT2D eigenvalue weighted by Crippen LogP contribution is 2.25. The number of hydrogen-bond donors (Lipinski definition) is 2. The molecule has 2 heterocycles. The number of rotatable bonds is 4. The fourth-order valence-electron chi connectivity index (χ4n) is 3.09. The SMILES string of the molecule is CC(C)c1ccc(-n2cc(O)c(C(=O)N3CCC[C@@H]3CO)n2)cc1. The highest BCUT2D eigenvalue weighted by Gasteiger charge is 2.31. The number of amides is 1. The first-order chi connectivity index (χ1) is 11.5. The Bertz CT molecular complexity index is 722. The van der Waals surface area contributed by atoms with Crippen molar-refractivity contribution in [1.29, 1.82) is 0 Å². The van der Waals surface area contributed by atoms with Crippen molar-refractivity contribution in [2.24, 2.45) is 0 Å². The van der Waals surface area contributed by atoms with E-state index in [0.29, 0.717) is 12.5 Å². The zero-order valence-corrected chi connectivity index (χ0v) is 14.0. The standard InChI is InChI=1S/C18H23N3O3/c1-12(2)13-5-7-14(8-6-13)21-10-16(23)17(19-21)18(24)20-9-3-4-15(20)11-22/h5-8,10,12,15,22-23H,3-4,9,11H2,1-2H3/t15-/m1/s1. The molecule has 1 fully saturated rings. The predicted octanol–water partition coefficient (Wildman–Crippen LogP) is 2.30. The number of aromatic nitrogens is 2. The third-order valence-corrected chi connectivity index (χ3v) is 4.57. The fourth-order valence-corrected chi connectivity index (χ4v) is 3.09. The lowest BCUT2D eigenvalue weighted by atomic mass is 10.0. The Morgan fingerprint density at radius 3 is 2.67 bits per heavy atom. The highest BCUT2D eigenvalue weighted by atomic mass is 16.3. The van der Waals surface area contributed by atoms with Gasteiger partial charge < -0.3 is 15.1 Å². The van der Waals surface area contributed by atoms with Crippen LogP contribution in [0.4, 0.5) is 0 Å². The maximum Gasteiger partial charge on any atom is 0.278 e. The van der Waals surface area contributed by atoms with Gasteiger partial charge in [0, 0.05) is 6.54 Å². The number of aromatic hydroxyl groups is 1. The monoisotopic (exact) mass is 329 g/mol. The van der Waals surface area contributed by atoms with Crippen molar-refractivity contribution in [2.45, 2.75) is 38.6 Å². The van der Waals surface area contributed by atoms with Crippen LogP contribution in [0.25, 0.3) is 5.69 Å². The summed E-state index contributed by atoms with van der Waals surface area (Å²) < 4.78 is 1.51. The zero-order chi connectivity index (χ0) is 17.3. The summed E-state index contributed by atoms with van der Waals surface area (Å²) in [4.78, 5) is 14.2. The molecule has 1 atom stereocenters. The van der Waals surface area contributed by atoms with E-state index in [1.54, 1.807) is 4.90 Å². The molecule has 24 heavy (non-hydrogen) atoms. The van der Waals surface area contributed by atoms with Crippen molar-refractivity contribution in [1.82, 2.24) is 14.7 Å². The van der Waals surface area contributed by atoms with Crippen LogP contribution in [-0.4, -0.2) is 50.0 Å². The van der Waals surface area contributed by atoms with E-state index < -0.39 is 0 Å². The molecule has 0 bridgehead atoms. The Balaban J connectivity index is 1.86. The number of benzene rings is 1. The van der Waals surface area contributed by atoms with Crippen molar-refractivity contribution in [3.63, 3.8) is 0 Å². The van der Waals surface area contributed by atoms with E-state index >= 15 is 0 Å². The first-order valence-corrected chi connectivity index (χ1v) is 8.32. The van der Waals surface area contributed by atoms with E-state index in [9.17, 15) is 15.0 Å². The molecule has 0 spiro atoms. The summed E-state index contributed by atoms with van der Waals surface area (Å²) in [6.45, 7) is 4.77. The first kappa shape index (κ1) is 16.5. The van der Waals surface area contributed by atoms with Crippen LogP contribution >= 0.6 is 0 Å². The smallest absolute Gasteiger partial charge is 0.278 e. The van der Waals surface area contributed by atoms with E-state index in [0.717, 1.165) is 18.5 Å². The summed E-state index contributed by atoms with van der Waals surface area (Å²) in [5.41, 5.74) is 2.03. The number of aliphatic hydroxyl groups is 1. The molecular formula is C18H23N3O3. The molecule has 0 aliphatic carbocycles. The van der Waals surface area contributed by atoms with Crippen LogP contribution in [0.15, 0.2) is 30.5 Å². The van der Waals surface area contributed by atoms with E-state index in [4.69, 9.17) is 0 Å². The Labute approximate surface area is 141 Å². The highest BCUT2D eigenvalue weighted by molar-refractivity contribution is 5.95. The van der Waals surface area contributed by atoms with Crippen LogP contribution in [-0.2, 0) is 0 Å². The van der Waals surface area contributed by atoms with Crippen molar-refractivity contribution in [3.8, 4) is 11.4 Å². The van der Waals surface area contributed by atoms with Crippen molar-refractivity contribution in [3.05, 3.63) is 41.7 Å². The maximum absolute atomic E-state index is 12.6. The summed E-state index contributed by atoms with van der Waals surface area (Å²) in [6.07, 6.45) is 3.08. The average molecular weight is 329 g/mol. The van der Waals surface area contributed by atoms with Gasteiger partial charge in [-0.25, -0.2) is 4.68 Å². The first-order valence-electron chi connectivity index (χ1n) is 8.32. The van der Waals surface area contributed by atoms with Crippen LogP contribution in [0.2, 0.25) is 0 Å². The lowest BCUT2D eigenvalue weighted by Gasteiger charge is -2.21. The van der Waals surface area contributed by atoms with Crippen LogP contribution < -0.4 is 0 Å². The Hall–Kier alpha value is -2.34. The third kappa shape index (κ3) is 3.01. The van der Waals surface area contributed by atoms with Crippen LogP contribution in [0.5, 0.6) is 5.75 Å². The summed E-state index contributed by atoms with van der Waals surface area (Å²) in [5, 5.41) is 23.8. The van der Waals surface area contributed by atoms with Gasteiger partial charge in [-0.05, 0) is 36.5 Å². The minimum atomic E-state index is -0.332. The summed E-state index contributed by atoms with van der Waals surface area (Å²) in [5.74, 6) is -0.0362. The molecule has 0 unspecified atom stereocenters. The minimum absolute atomic E-state index is 0.0308. The molecule has 1 aliphatic rings. The average Bonchev–Trinajstić information content (AvgIpc) is 3.20. The topological polar surface area (TPSA) is 78.6 Å². The largest absolute Gasteiger partial charge is 0.504 e. The molecule has 128 valence electrons. The van der Waals surface area contributed by atoms with Gasteiger partial charge in [-0.2, -0.15) is 5.10 Å². The quantitative estimate of drug-likeness (QED) is 0.902.